The summed E-state index contributed by atoms with van der Waals surface area (Å²) >= 11 is 0. The number of nitrogens with one attached hydrogen (secondary N) is 1. The molecule has 0 bridgehead atoms. The number of rotatable bonds is 7. The molecule has 0 aliphatic heterocycles. The van der Waals surface area contributed by atoms with Gasteiger partial charge in [-0.2, -0.15) is 13.2 Å². The second kappa shape index (κ2) is 9.73. The quantitative estimate of drug-likeness (QED) is 0.667. The van der Waals surface area contributed by atoms with Gasteiger partial charge in [0.1, 0.15) is 6.10 Å². The number of carbonyl (C=O) groups is 2. The van der Waals surface area contributed by atoms with Crippen molar-refractivity contribution < 1.29 is 27.5 Å². The molecule has 0 radical (unpaired) electrons. The van der Waals surface area contributed by atoms with E-state index in [9.17, 15) is 22.8 Å². The highest BCUT2D eigenvalue weighted by Crippen LogP contribution is 2.30. The average Bonchev–Trinajstić information content (AvgIpc) is 2.74. The topological polar surface area (TPSA) is 68.3 Å². The molecule has 30 heavy (non-hydrogen) atoms. The lowest BCUT2D eigenvalue weighted by Crippen LogP contribution is -2.39. The Hall–Kier alpha value is -2.90. The van der Waals surface area contributed by atoms with Gasteiger partial charge in [-0.15, -0.1) is 0 Å². The monoisotopic (exact) mass is 420 g/mol. The fourth-order valence-electron chi connectivity index (χ4n) is 3.41. The lowest BCUT2D eigenvalue weighted by molar-refractivity contribution is -0.137. The minimum absolute atomic E-state index is 0.00439. The fraction of sp³-hybridized carbons (Fsp3) is 0.409. The first-order chi connectivity index (χ1) is 14.3. The molecule has 0 unspecified atom stereocenters. The number of benzene rings is 1. The Balaban J connectivity index is 1.38. The van der Waals surface area contributed by atoms with Crippen LogP contribution in [0.1, 0.15) is 54.4 Å². The van der Waals surface area contributed by atoms with Gasteiger partial charge in [-0.25, -0.2) is 4.98 Å². The third-order valence-electron chi connectivity index (χ3n) is 5.07. The van der Waals surface area contributed by atoms with Gasteiger partial charge in [0.15, 0.2) is 5.78 Å². The van der Waals surface area contributed by atoms with Crippen LogP contribution in [-0.4, -0.2) is 28.8 Å². The number of aromatic nitrogens is 1. The summed E-state index contributed by atoms with van der Waals surface area (Å²) in [5.74, 6) is -0.0603. The van der Waals surface area contributed by atoms with E-state index in [1.54, 1.807) is 24.3 Å². The van der Waals surface area contributed by atoms with Crippen LogP contribution in [0.5, 0.6) is 5.88 Å². The van der Waals surface area contributed by atoms with Crippen molar-refractivity contribution in [2.45, 2.75) is 56.8 Å². The van der Waals surface area contributed by atoms with Crippen LogP contribution in [0.3, 0.4) is 0 Å². The highest BCUT2D eigenvalue weighted by atomic mass is 19.4. The molecule has 8 heteroatoms. The molecule has 1 amide bonds. The third kappa shape index (κ3) is 6.30. The Labute approximate surface area is 172 Å². The number of ether oxygens (including phenoxy) is 1. The van der Waals surface area contributed by atoms with Gasteiger partial charge in [0, 0.05) is 36.7 Å². The number of halogens is 3. The zero-order chi connectivity index (χ0) is 21.6. The second-order valence-electron chi connectivity index (χ2n) is 7.33. The fourth-order valence-corrected chi connectivity index (χ4v) is 3.41. The smallest absolute Gasteiger partial charge is 0.417 e. The van der Waals surface area contributed by atoms with Gasteiger partial charge >= 0.3 is 6.18 Å². The van der Waals surface area contributed by atoms with Crippen molar-refractivity contribution >= 4 is 11.7 Å². The number of ketones is 1. The van der Waals surface area contributed by atoms with Gasteiger partial charge in [0.2, 0.25) is 11.8 Å². The highest BCUT2D eigenvalue weighted by Gasteiger charge is 2.31. The van der Waals surface area contributed by atoms with Crippen LogP contribution in [0.4, 0.5) is 13.2 Å². The number of hydrogen-bond acceptors (Lipinski definition) is 4. The lowest BCUT2D eigenvalue weighted by atomic mass is 9.92. The molecule has 1 fully saturated rings. The number of carbonyl (C=O) groups excluding carboxylic acids is 2. The minimum atomic E-state index is -4.42. The summed E-state index contributed by atoms with van der Waals surface area (Å²) in [6.07, 6.45) is -0.790. The van der Waals surface area contributed by atoms with Crippen LogP contribution in [0, 0.1) is 0 Å². The maximum atomic E-state index is 12.6. The lowest BCUT2D eigenvalue weighted by Gasteiger charge is -2.29. The van der Waals surface area contributed by atoms with Crippen LogP contribution in [0.15, 0.2) is 48.7 Å². The van der Waals surface area contributed by atoms with Crippen molar-refractivity contribution in [3.05, 3.63) is 59.8 Å². The SMILES string of the molecule is O=C(CCC(=O)c1ccccc1)NC1CCC(Oc2ccc(C(F)(F)F)cn2)CC1. The molecule has 0 saturated heterocycles. The number of pyridine rings is 1. The summed E-state index contributed by atoms with van der Waals surface area (Å²) in [6, 6.07) is 11.0. The predicted molar refractivity (Wildman–Crippen MR) is 104 cm³/mol. The Morgan fingerprint density at radius 1 is 1.00 bits per heavy atom. The Morgan fingerprint density at radius 3 is 2.30 bits per heavy atom. The molecule has 1 aliphatic carbocycles. The normalized spacial score (nSPS) is 19.2. The first kappa shape index (κ1) is 21.8. The van der Waals surface area contributed by atoms with Gasteiger partial charge in [-0.1, -0.05) is 30.3 Å². The molecule has 0 atom stereocenters. The Kier molecular flexibility index (Phi) is 7.07. The second-order valence-corrected chi connectivity index (χ2v) is 7.33. The molecule has 1 heterocycles. The number of amides is 1. The Bertz CT molecular complexity index is 846. The molecular weight excluding hydrogens is 397 g/mol. The molecule has 1 aliphatic rings. The van der Waals surface area contributed by atoms with Crippen LogP contribution in [0.2, 0.25) is 0 Å². The van der Waals surface area contributed by atoms with Crippen LogP contribution >= 0.6 is 0 Å². The third-order valence-corrected chi connectivity index (χ3v) is 5.07. The van der Waals surface area contributed by atoms with E-state index in [1.165, 1.54) is 6.07 Å². The van der Waals surface area contributed by atoms with Gasteiger partial charge in [-0.05, 0) is 31.7 Å². The van der Waals surface area contributed by atoms with E-state index in [0.29, 0.717) is 31.2 Å². The van der Waals surface area contributed by atoms with E-state index < -0.39 is 11.7 Å². The van der Waals surface area contributed by atoms with Gasteiger partial charge < -0.3 is 10.1 Å². The van der Waals surface area contributed by atoms with Crippen LogP contribution in [0.25, 0.3) is 0 Å². The highest BCUT2D eigenvalue weighted by molar-refractivity contribution is 5.97. The van der Waals surface area contributed by atoms with Gasteiger partial charge in [-0.3, -0.25) is 9.59 Å². The maximum absolute atomic E-state index is 12.6. The van der Waals surface area contributed by atoms with E-state index >= 15 is 0 Å². The van der Waals surface area contributed by atoms with E-state index in [1.807, 2.05) is 6.07 Å². The van der Waals surface area contributed by atoms with Crippen molar-refractivity contribution in [1.82, 2.24) is 10.3 Å². The molecule has 160 valence electrons. The first-order valence-corrected chi connectivity index (χ1v) is 9.89. The van der Waals surface area contributed by atoms with E-state index in [0.717, 1.165) is 12.3 Å². The van der Waals surface area contributed by atoms with Crippen molar-refractivity contribution in [3.8, 4) is 5.88 Å². The van der Waals surface area contributed by atoms with Crippen LogP contribution in [-0.2, 0) is 11.0 Å². The number of nitrogens with zero attached hydrogens (tertiary/aromatic N) is 1. The minimum Gasteiger partial charge on any atom is -0.474 e. The maximum Gasteiger partial charge on any atom is 0.417 e. The summed E-state index contributed by atoms with van der Waals surface area (Å²) in [4.78, 5) is 27.9. The average molecular weight is 420 g/mol. The van der Waals surface area contributed by atoms with Gasteiger partial charge in [0.25, 0.3) is 0 Å². The molecule has 2 aromatic rings. The summed E-state index contributed by atoms with van der Waals surface area (Å²) in [5.41, 5.74) is -0.216. The number of Topliss-reactive ketones (excluding diaryl/α,β-unsaturated/α-hetero) is 1. The van der Waals surface area contributed by atoms with E-state index in [-0.39, 0.29) is 42.6 Å². The van der Waals surface area contributed by atoms with Crippen molar-refractivity contribution in [2.75, 3.05) is 0 Å². The predicted octanol–water partition coefficient (Wildman–Crippen LogP) is 4.57. The Morgan fingerprint density at radius 2 is 1.70 bits per heavy atom. The molecule has 1 aromatic heterocycles. The summed E-state index contributed by atoms with van der Waals surface area (Å²) in [6.45, 7) is 0. The van der Waals surface area contributed by atoms with Gasteiger partial charge in [0.05, 0.1) is 5.56 Å². The molecule has 0 spiro atoms. The molecular formula is C22H23F3N2O3. The molecule has 3 rings (SSSR count). The molecule has 5 nitrogen and oxygen atoms in total. The standard InChI is InChI=1S/C22H23F3N2O3/c23-22(24,25)16-6-13-21(26-14-16)30-18-9-7-17(8-10-18)27-20(29)12-11-19(28)15-4-2-1-3-5-15/h1-6,13-14,17-18H,7-12H2,(H,27,29). The zero-order valence-electron chi connectivity index (χ0n) is 16.3. The van der Waals surface area contributed by atoms with E-state index in [4.69, 9.17) is 4.74 Å². The summed E-state index contributed by atoms with van der Waals surface area (Å²) < 4.78 is 43.4. The van der Waals surface area contributed by atoms with Crippen molar-refractivity contribution in [2.24, 2.45) is 0 Å². The summed E-state index contributed by atoms with van der Waals surface area (Å²) in [5, 5.41) is 2.95. The first-order valence-electron chi connectivity index (χ1n) is 9.89. The molecule has 1 saturated carbocycles. The van der Waals surface area contributed by atoms with Crippen molar-refractivity contribution in [3.63, 3.8) is 0 Å². The molecule has 1 N–H and O–H groups in total. The number of hydrogen-bond donors (Lipinski definition) is 1. The van der Waals surface area contributed by atoms with Crippen molar-refractivity contribution in [1.29, 1.82) is 0 Å². The summed E-state index contributed by atoms with van der Waals surface area (Å²) in [7, 11) is 0. The largest absolute Gasteiger partial charge is 0.474 e. The molecule has 1 aromatic carbocycles. The van der Waals surface area contributed by atoms with Crippen LogP contribution < -0.4 is 10.1 Å². The van der Waals surface area contributed by atoms with E-state index in [2.05, 4.69) is 10.3 Å². The zero-order valence-corrected chi connectivity index (χ0v) is 16.3. The number of alkyl halides is 3.